The Hall–Kier alpha value is -1.58. The number of hydrogen-bond donors (Lipinski definition) is 2. The summed E-state index contributed by atoms with van der Waals surface area (Å²) in [4.78, 5) is 18.7. The van der Waals surface area contributed by atoms with Crippen molar-refractivity contribution in [3.8, 4) is 0 Å². The number of nitrogens with zero attached hydrogens (tertiary/aromatic N) is 4. The normalized spacial score (nSPS) is 11.3. The summed E-state index contributed by atoms with van der Waals surface area (Å²) >= 11 is 6.05. The first-order valence-corrected chi connectivity index (χ1v) is 11.4. The van der Waals surface area contributed by atoms with Crippen LogP contribution in [-0.2, 0) is 18.8 Å². The van der Waals surface area contributed by atoms with Gasteiger partial charge in [0.05, 0.1) is 18.0 Å². The number of urea groups is 1. The molecule has 0 saturated heterocycles. The standard InChI is InChI=1S/C20H33N5O2S2/c1-15-16(2)24(17(3)22-15)10-6-11-25(28)20(26)21-9-12-29-14-19-8-7-18(27-19)13-23(4)5/h7-8,28H,6,9-14H2,1-5H3,(H,21,26). The Balaban J connectivity index is 1.59. The molecule has 2 heterocycles. The van der Waals surface area contributed by atoms with Crippen LogP contribution in [0.25, 0.3) is 0 Å². The second-order valence-electron chi connectivity index (χ2n) is 7.35. The Morgan fingerprint density at radius 2 is 2.00 bits per heavy atom. The van der Waals surface area contributed by atoms with Gasteiger partial charge in [0.1, 0.15) is 17.3 Å². The lowest BCUT2D eigenvalue weighted by atomic mass is 10.3. The highest BCUT2D eigenvalue weighted by atomic mass is 32.2. The Morgan fingerprint density at radius 3 is 2.66 bits per heavy atom. The molecular weight excluding hydrogens is 406 g/mol. The average Bonchev–Trinajstić information content (AvgIpc) is 3.19. The third-order valence-corrected chi connectivity index (χ3v) is 5.95. The minimum atomic E-state index is -0.157. The van der Waals surface area contributed by atoms with Gasteiger partial charge in [-0.25, -0.2) is 9.78 Å². The molecule has 0 unspecified atom stereocenters. The average molecular weight is 440 g/mol. The summed E-state index contributed by atoms with van der Waals surface area (Å²) in [5, 5.41) is 2.91. The third-order valence-electron chi connectivity index (χ3n) is 4.59. The van der Waals surface area contributed by atoms with Crippen molar-refractivity contribution in [3.63, 3.8) is 0 Å². The summed E-state index contributed by atoms with van der Waals surface area (Å²) in [5.74, 6) is 4.58. The molecule has 0 spiro atoms. The number of aryl methyl sites for hydroxylation is 2. The molecule has 0 fully saturated rings. The van der Waals surface area contributed by atoms with E-state index >= 15 is 0 Å². The van der Waals surface area contributed by atoms with E-state index < -0.39 is 0 Å². The first kappa shape index (κ1) is 23.7. The second kappa shape index (κ2) is 11.6. The van der Waals surface area contributed by atoms with Gasteiger partial charge in [0.15, 0.2) is 0 Å². The molecule has 1 N–H and O–H groups in total. The Labute approximate surface area is 183 Å². The van der Waals surface area contributed by atoms with Crippen LogP contribution in [0.3, 0.4) is 0 Å². The first-order valence-electron chi connectivity index (χ1n) is 9.82. The Morgan fingerprint density at radius 1 is 1.28 bits per heavy atom. The van der Waals surface area contributed by atoms with Gasteiger partial charge in [-0.3, -0.25) is 4.31 Å². The predicted octanol–water partition coefficient (Wildman–Crippen LogP) is 3.64. The molecule has 0 bridgehead atoms. The number of furan rings is 1. The fraction of sp³-hybridized carbons (Fsp3) is 0.600. The second-order valence-corrected chi connectivity index (χ2v) is 8.94. The number of aromatic nitrogens is 2. The number of imidazole rings is 1. The molecule has 2 rings (SSSR count). The predicted molar refractivity (Wildman–Crippen MR) is 122 cm³/mol. The summed E-state index contributed by atoms with van der Waals surface area (Å²) in [6.45, 7) is 8.92. The molecule has 2 amide bonds. The quantitative estimate of drug-likeness (QED) is 0.413. The minimum absolute atomic E-state index is 0.157. The van der Waals surface area contributed by atoms with Crippen molar-refractivity contribution in [2.75, 3.05) is 32.9 Å². The van der Waals surface area contributed by atoms with Gasteiger partial charge in [0.25, 0.3) is 0 Å². The van der Waals surface area contributed by atoms with Crippen molar-refractivity contribution in [3.05, 3.63) is 40.9 Å². The number of carbonyl (C=O) groups is 1. The zero-order chi connectivity index (χ0) is 21.4. The van der Waals surface area contributed by atoms with Crippen LogP contribution in [0.4, 0.5) is 4.79 Å². The van der Waals surface area contributed by atoms with Crippen molar-refractivity contribution in [2.24, 2.45) is 0 Å². The molecule has 0 aliphatic carbocycles. The molecule has 29 heavy (non-hydrogen) atoms. The Kier molecular flexibility index (Phi) is 9.45. The van der Waals surface area contributed by atoms with E-state index in [2.05, 4.69) is 39.5 Å². The molecule has 0 aliphatic rings. The molecule has 0 aliphatic heterocycles. The molecule has 0 atom stereocenters. The van der Waals surface area contributed by atoms with Gasteiger partial charge in [0, 0.05) is 31.1 Å². The van der Waals surface area contributed by atoms with Gasteiger partial charge in [-0.1, -0.05) is 12.8 Å². The van der Waals surface area contributed by atoms with Gasteiger partial charge in [0.2, 0.25) is 0 Å². The number of hydrogen-bond acceptors (Lipinski definition) is 6. The smallest absolute Gasteiger partial charge is 0.327 e. The lowest BCUT2D eigenvalue weighted by molar-refractivity contribution is 0.226. The van der Waals surface area contributed by atoms with E-state index in [9.17, 15) is 4.79 Å². The van der Waals surface area contributed by atoms with Gasteiger partial charge >= 0.3 is 6.03 Å². The number of thiol groups is 1. The van der Waals surface area contributed by atoms with E-state index in [0.717, 1.165) is 54.1 Å². The van der Waals surface area contributed by atoms with Crippen LogP contribution >= 0.6 is 24.6 Å². The summed E-state index contributed by atoms with van der Waals surface area (Å²) in [5.41, 5.74) is 2.24. The van der Waals surface area contributed by atoms with Crippen LogP contribution in [0.5, 0.6) is 0 Å². The van der Waals surface area contributed by atoms with Crippen molar-refractivity contribution in [2.45, 2.75) is 46.0 Å². The Bertz CT molecular complexity index is 788. The number of amides is 2. The number of thioether (sulfide) groups is 1. The lowest BCUT2D eigenvalue weighted by Crippen LogP contribution is -2.36. The van der Waals surface area contributed by atoms with Gasteiger partial charge in [-0.05, 0) is 53.4 Å². The largest absolute Gasteiger partial charge is 0.464 e. The maximum atomic E-state index is 12.1. The van der Waals surface area contributed by atoms with Crippen molar-refractivity contribution >= 4 is 30.6 Å². The fourth-order valence-electron chi connectivity index (χ4n) is 3.02. The van der Waals surface area contributed by atoms with E-state index in [0.29, 0.717) is 13.1 Å². The van der Waals surface area contributed by atoms with Crippen LogP contribution in [0.1, 0.15) is 35.2 Å². The van der Waals surface area contributed by atoms with E-state index in [1.807, 2.05) is 40.1 Å². The first-order chi connectivity index (χ1) is 13.8. The third kappa shape index (κ3) is 7.64. The van der Waals surface area contributed by atoms with E-state index in [-0.39, 0.29) is 6.03 Å². The van der Waals surface area contributed by atoms with Crippen LogP contribution in [0, 0.1) is 20.8 Å². The zero-order valence-electron chi connectivity index (χ0n) is 18.1. The van der Waals surface area contributed by atoms with E-state index in [1.54, 1.807) is 11.8 Å². The SMILES string of the molecule is Cc1nc(C)n(CCCN(S)C(=O)NCCSCc2ccc(CN(C)C)o2)c1C. The van der Waals surface area contributed by atoms with E-state index in [1.165, 1.54) is 10.00 Å². The highest BCUT2D eigenvalue weighted by Crippen LogP contribution is 2.16. The summed E-state index contributed by atoms with van der Waals surface area (Å²) < 4.78 is 9.41. The van der Waals surface area contributed by atoms with Crippen LogP contribution in [0.2, 0.25) is 0 Å². The molecule has 0 aromatic carbocycles. The summed E-state index contributed by atoms with van der Waals surface area (Å²) in [6, 6.07) is 3.88. The zero-order valence-corrected chi connectivity index (χ0v) is 19.8. The molecular formula is C20H33N5O2S2. The summed E-state index contributed by atoms with van der Waals surface area (Å²) in [6.07, 6.45) is 0.830. The molecule has 0 radical (unpaired) electrons. The molecule has 162 valence electrons. The van der Waals surface area contributed by atoms with Gasteiger partial charge in [-0.15, -0.1) is 0 Å². The van der Waals surface area contributed by atoms with Crippen molar-refractivity contribution < 1.29 is 9.21 Å². The number of carbonyl (C=O) groups excluding carboxylic acids is 1. The topological polar surface area (TPSA) is 66.5 Å². The number of nitrogens with one attached hydrogen (secondary N) is 1. The lowest BCUT2D eigenvalue weighted by Gasteiger charge is -2.17. The molecule has 9 heteroatoms. The maximum Gasteiger partial charge on any atom is 0.327 e. The maximum absolute atomic E-state index is 12.1. The van der Waals surface area contributed by atoms with Crippen LogP contribution in [0.15, 0.2) is 16.5 Å². The molecule has 2 aromatic rings. The molecule has 2 aromatic heterocycles. The molecule has 0 saturated carbocycles. The fourth-order valence-corrected chi connectivity index (χ4v) is 3.98. The van der Waals surface area contributed by atoms with Crippen LogP contribution < -0.4 is 5.32 Å². The van der Waals surface area contributed by atoms with Crippen molar-refractivity contribution in [1.82, 2.24) is 24.1 Å². The van der Waals surface area contributed by atoms with Crippen LogP contribution in [-0.4, -0.2) is 57.7 Å². The highest BCUT2D eigenvalue weighted by Gasteiger charge is 2.11. The number of rotatable bonds is 11. The van der Waals surface area contributed by atoms with Gasteiger partial charge in [-0.2, -0.15) is 11.8 Å². The summed E-state index contributed by atoms with van der Waals surface area (Å²) in [7, 11) is 4.04. The minimum Gasteiger partial charge on any atom is -0.464 e. The monoisotopic (exact) mass is 439 g/mol. The molecule has 7 nitrogen and oxygen atoms in total. The highest BCUT2D eigenvalue weighted by molar-refractivity contribution is 7.98. The van der Waals surface area contributed by atoms with E-state index in [4.69, 9.17) is 4.42 Å². The van der Waals surface area contributed by atoms with Crippen molar-refractivity contribution in [1.29, 1.82) is 0 Å². The van der Waals surface area contributed by atoms with Gasteiger partial charge < -0.3 is 19.2 Å².